The maximum Gasteiger partial charge on any atom is 0.268 e. The molecule has 7 nitrogen and oxygen atoms in total. The van der Waals surface area contributed by atoms with Crippen LogP contribution in [0, 0.1) is 0 Å². The molecule has 1 amide bonds. The van der Waals surface area contributed by atoms with Crippen LogP contribution in [0.5, 0.6) is 5.75 Å². The zero-order chi connectivity index (χ0) is 33.4. The van der Waals surface area contributed by atoms with Crippen LogP contribution in [0.2, 0.25) is 0 Å². The van der Waals surface area contributed by atoms with Crippen LogP contribution in [0.4, 0.5) is 0 Å². The third-order valence-electron chi connectivity index (χ3n) is 10.2. The highest BCUT2D eigenvalue weighted by molar-refractivity contribution is 6.03. The largest absolute Gasteiger partial charge is 0.489 e. The molecule has 0 radical (unpaired) electrons. The summed E-state index contributed by atoms with van der Waals surface area (Å²) in [6, 6.07) is 38.3. The number of carbonyl (C=O) groups is 1. The first-order valence-corrected chi connectivity index (χ1v) is 17.9. The molecule has 4 aromatic carbocycles. The summed E-state index contributed by atoms with van der Waals surface area (Å²) in [7, 11) is 0. The van der Waals surface area contributed by atoms with E-state index in [0.717, 1.165) is 103 Å². The number of hydrogen-bond donors (Lipinski definition) is 2. The van der Waals surface area contributed by atoms with E-state index in [2.05, 4.69) is 118 Å². The van der Waals surface area contributed by atoms with Gasteiger partial charge in [0.25, 0.3) is 5.91 Å². The standard InChI is InChI=1S/C42H48N4O3/c1-31(37-17-10-23-43-37)46-38-18-9-8-16-36(38)40(41(46)42(47)44-24-11-25-45-26-28-48-29-27-45)39(33-14-6-3-7-15-33)34-19-21-35(22-20-34)49-30-32-12-4-2-5-13-32/h2-9,12-16,18-22,31,37,39,43H,10-11,17,23-30H2,1H3,(H,44,47). The van der Waals surface area contributed by atoms with Gasteiger partial charge >= 0.3 is 0 Å². The van der Waals surface area contributed by atoms with Gasteiger partial charge in [0.1, 0.15) is 18.1 Å². The van der Waals surface area contributed by atoms with Gasteiger partial charge in [-0.25, -0.2) is 0 Å². The van der Waals surface area contributed by atoms with Crippen molar-refractivity contribution in [3.63, 3.8) is 0 Å². The number of nitrogens with zero attached hydrogens (tertiary/aromatic N) is 2. The molecule has 2 saturated heterocycles. The second kappa shape index (κ2) is 15.9. The van der Waals surface area contributed by atoms with Gasteiger partial charge in [-0.2, -0.15) is 0 Å². The van der Waals surface area contributed by atoms with E-state index in [0.29, 0.717) is 19.2 Å². The fourth-order valence-corrected chi connectivity index (χ4v) is 7.62. The molecule has 5 aromatic rings. The van der Waals surface area contributed by atoms with Gasteiger partial charge in [-0.1, -0.05) is 91.0 Å². The molecular weight excluding hydrogens is 608 g/mol. The van der Waals surface area contributed by atoms with Crippen LogP contribution in [0.15, 0.2) is 109 Å². The summed E-state index contributed by atoms with van der Waals surface area (Å²) < 4.78 is 14.0. The molecule has 0 spiro atoms. The lowest BCUT2D eigenvalue weighted by Gasteiger charge is -2.27. The Morgan fingerprint density at radius 1 is 0.898 bits per heavy atom. The minimum Gasteiger partial charge on any atom is -0.489 e. The first kappa shape index (κ1) is 33.1. The van der Waals surface area contributed by atoms with Gasteiger partial charge in [-0.3, -0.25) is 9.69 Å². The average Bonchev–Trinajstić information content (AvgIpc) is 3.82. The first-order chi connectivity index (χ1) is 24.2. The zero-order valence-electron chi connectivity index (χ0n) is 28.5. The van der Waals surface area contributed by atoms with Crippen molar-refractivity contribution in [1.82, 2.24) is 20.1 Å². The Bertz CT molecular complexity index is 1790. The third-order valence-corrected chi connectivity index (χ3v) is 10.2. The Kier molecular flexibility index (Phi) is 10.7. The lowest BCUT2D eigenvalue weighted by atomic mass is 9.83. The van der Waals surface area contributed by atoms with Gasteiger partial charge < -0.3 is 24.7 Å². The van der Waals surface area contributed by atoms with Gasteiger partial charge in [-0.15, -0.1) is 0 Å². The molecule has 49 heavy (non-hydrogen) atoms. The number of fused-ring (bicyclic) bond motifs is 1. The number of nitrogens with one attached hydrogen (secondary N) is 2. The Balaban J connectivity index is 1.28. The maximum atomic E-state index is 14.7. The Hall–Kier alpha value is -4.43. The molecule has 7 heteroatoms. The lowest BCUT2D eigenvalue weighted by molar-refractivity contribution is 0.0374. The monoisotopic (exact) mass is 656 g/mol. The summed E-state index contributed by atoms with van der Waals surface area (Å²) in [4.78, 5) is 17.1. The number of aromatic nitrogens is 1. The van der Waals surface area contributed by atoms with Gasteiger partial charge in [0.15, 0.2) is 0 Å². The second-order valence-electron chi connectivity index (χ2n) is 13.3. The molecule has 0 saturated carbocycles. The average molecular weight is 657 g/mol. The molecule has 2 aliphatic heterocycles. The van der Waals surface area contributed by atoms with E-state index in [-0.39, 0.29) is 17.9 Å². The SMILES string of the molecule is CC(C1CCCN1)n1c(C(=O)NCCCN2CCOCC2)c(C(c2ccccc2)c2ccc(OCc3ccccc3)cc2)c2ccccc21. The predicted octanol–water partition coefficient (Wildman–Crippen LogP) is 7.17. The van der Waals surface area contributed by atoms with E-state index in [1.54, 1.807) is 0 Å². The number of amides is 1. The molecule has 2 fully saturated rings. The molecule has 7 rings (SSSR count). The van der Waals surface area contributed by atoms with Gasteiger partial charge in [0, 0.05) is 54.1 Å². The molecular formula is C42H48N4O3. The highest BCUT2D eigenvalue weighted by Crippen LogP contribution is 2.42. The van der Waals surface area contributed by atoms with E-state index in [4.69, 9.17) is 9.47 Å². The first-order valence-electron chi connectivity index (χ1n) is 17.9. The topological polar surface area (TPSA) is 67.8 Å². The Morgan fingerprint density at radius 3 is 2.33 bits per heavy atom. The molecule has 0 bridgehead atoms. The van der Waals surface area contributed by atoms with Crippen molar-refractivity contribution in [2.45, 2.75) is 50.8 Å². The molecule has 2 aliphatic rings. The van der Waals surface area contributed by atoms with E-state index >= 15 is 0 Å². The zero-order valence-corrected chi connectivity index (χ0v) is 28.5. The number of benzene rings is 4. The normalized spacial score (nSPS) is 17.9. The molecule has 1 aromatic heterocycles. The van der Waals surface area contributed by atoms with Crippen molar-refractivity contribution in [1.29, 1.82) is 0 Å². The van der Waals surface area contributed by atoms with E-state index in [9.17, 15) is 4.79 Å². The number of rotatable bonds is 13. The predicted molar refractivity (Wildman–Crippen MR) is 196 cm³/mol. The summed E-state index contributed by atoms with van der Waals surface area (Å²) in [6.45, 7) is 8.83. The van der Waals surface area contributed by atoms with Crippen LogP contribution in [-0.2, 0) is 11.3 Å². The number of ether oxygens (including phenoxy) is 2. The molecule has 3 unspecified atom stereocenters. The second-order valence-corrected chi connectivity index (χ2v) is 13.3. The summed E-state index contributed by atoms with van der Waals surface area (Å²) in [5, 5.41) is 8.21. The highest BCUT2D eigenvalue weighted by Gasteiger charge is 2.34. The van der Waals surface area contributed by atoms with Crippen LogP contribution in [0.3, 0.4) is 0 Å². The van der Waals surface area contributed by atoms with Crippen LogP contribution in [0.25, 0.3) is 10.9 Å². The van der Waals surface area contributed by atoms with E-state index in [1.807, 2.05) is 18.2 Å². The number of hydrogen-bond acceptors (Lipinski definition) is 5. The summed E-state index contributed by atoms with van der Waals surface area (Å²) in [6.07, 6.45) is 3.14. The molecule has 254 valence electrons. The fourth-order valence-electron chi connectivity index (χ4n) is 7.62. The maximum absolute atomic E-state index is 14.7. The van der Waals surface area contributed by atoms with Crippen LogP contribution < -0.4 is 15.4 Å². The van der Waals surface area contributed by atoms with Gasteiger partial charge in [0.05, 0.1) is 13.2 Å². The van der Waals surface area contributed by atoms with Crippen molar-refractivity contribution in [2.75, 3.05) is 45.9 Å². The number of para-hydroxylation sites is 1. The molecule has 3 heterocycles. The van der Waals surface area contributed by atoms with Crippen LogP contribution in [0.1, 0.15) is 70.9 Å². The molecule has 3 atom stereocenters. The molecule has 0 aliphatic carbocycles. The molecule has 2 N–H and O–H groups in total. The van der Waals surface area contributed by atoms with Gasteiger partial charge in [0.2, 0.25) is 0 Å². The van der Waals surface area contributed by atoms with Crippen LogP contribution in [-0.4, -0.2) is 67.4 Å². The number of morpholine rings is 1. The Morgan fingerprint density at radius 2 is 1.59 bits per heavy atom. The van der Waals surface area contributed by atoms with Crippen molar-refractivity contribution in [3.8, 4) is 5.75 Å². The van der Waals surface area contributed by atoms with Crippen LogP contribution >= 0.6 is 0 Å². The van der Waals surface area contributed by atoms with Gasteiger partial charge in [-0.05, 0) is 74.2 Å². The van der Waals surface area contributed by atoms with E-state index < -0.39 is 0 Å². The lowest BCUT2D eigenvalue weighted by Crippen LogP contribution is -2.38. The highest BCUT2D eigenvalue weighted by atomic mass is 16.5. The summed E-state index contributed by atoms with van der Waals surface area (Å²) >= 11 is 0. The van der Waals surface area contributed by atoms with Crippen molar-refractivity contribution >= 4 is 16.8 Å². The summed E-state index contributed by atoms with van der Waals surface area (Å²) in [5.41, 5.74) is 6.31. The smallest absolute Gasteiger partial charge is 0.268 e. The number of carbonyl (C=O) groups excluding carboxylic acids is 1. The van der Waals surface area contributed by atoms with Crippen molar-refractivity contribution in [2.24, 2.45) is 0 Å². The minimum absolute atomic E-state index is 0.0122. The third kappa shape index (κ3) is 7.59. The van der Waals surface area contributed by atoms with Crippen molar-refractivity contribution in [3.05, 3.63) is 137 Å². The van der Waals surface area contributed by atoms with E-state index in [1.165, 1.54) is 0 Å². The Labute approximate surface area is 290 Å². The quantitative estimate of drug-likeness (QED) is 0.132. The minimum atomic E-state index is -0.159. The summed E-state index contributed by atoms with van der Waals surface area (Å²) in [5.74, 6) is 0.649. The fraction of sp³-hybridized carbons (Fsp3) is 0.357. The van der Waals surface area contributed by atoms with Crippen molar-refractivity contribution < 1.29 is 14.3 Å².